The van der Waals surface area contributed by atoms with Gasteiger partial charge >= 0.3 is 0 Å². The van der Waals surface area contributed by atoms with Gasteiger partial charge in [-0.1, -0.05) is 6.42 Å². The molecule has 0 fully saturated rings. The monoisotopic (exact) mass is 302 g/mol. The lowest BCUT2D eigenvalue weighted by Gasteiger charge is -2.16. The Morgan fingerprint density at radius 3 is 2.95 bits per heavy atom. The minimum Gasteiger partial charge on any atom is -0.495 e. The number of aromatic nitrogens is 1. The third-order valence-corrected chi connectivity index (χ3v) is 5.43. The SMILES string of the molecule is CNC(c1cc2c(s1)CCCCC2)c1ncccc1OC. The van der Waals surface area contributed by atoms with Gasteiger partial charge in [0.2, 0.25) is 0 Å². The first-order valence-corrected chi connectivity index (χ1v) is 8.42. The fourth-order valence-corrected chi connectivity index (χ4v) is 4.41. The van der Waals surface area contributed by atoms with Crippen LogP contribution in [0, 0.1) is 0 Å². The smallest absolute Gasteiger partial charge is 0.142 e. The second-order valence-electron chi connectivity index (χ2n) is 5.47. The van der Waals surface area contributed by atoms with E-state index in [1.807, 2.05) is 36.7 Å². The van der Waals surface area contributed by atoms with E-state index in [4.69, 9.17) is 4.74 Å². The Bertz CT molecular complexity index is 585. The largest absolute Gasteiger partial charge is 0.495 e. The van der Waals surface area contributed by atoms with Gasteiger partial charge in [0, 0.05) is 16.0 Å². The summed E-state index contributed by atoms with van der Waals surface area (Å²) < 4.78 is 5.47. The lowest BCUT2D eigenvalue weighted by atomic mass is 10.1. The average molecular weight is 302 g/mol. The van der Waals surface area contributed by atoms with Crippen molar-refractivity contribution in [2.75, 3.05) is 14.2 Å². The lowest BCUT2D eigenvalue weighted by molar-refractivity contribution is 0.402. The summed E-state index contributed by atoms with van der Waals surface area (Å²) in [6.07, 6.45) is 8.29. The van der Waals surface area contributed by atoms with Crippen molar-refractivity contribution in [1.29, 1.82) is 0 Å². The van der Waals surface area contributed by atoms with Crippen LogP contribution in [-0.2, 0) is 12.8 Å². The van der Waals surface area contributed by atoms with Crippen LogP contribution >= 0.6 is 11.3 Å². The molecule has 21 heavy (non-hydrogen) atoms. The van der Waals surface area contributed by atoms with E-state index in [-0.39, 0.29) is 6.04 Å². The van der Waals surface area contributed by atoms with E-state index in [0.717, 1.165) is 11.4 Å². The number of aryl methyl sites for hydroxylation is 2. The molecule has 1 aliphatic rings. The molecule has 0 aliphatic heterocycles. The normalized spacial score (nSPS) is 16.1. The third kappa shape index (κ3) is 2.97. The van der Waals surface area contributed by atoms with E-state index in [2.05, 4.69) is 16.4 Å². The molecule has 0 bridgehead atoms. The highest BCUT2D eigenvalue weighted by Gasteiger charge is 2.22. The molecule has 1 N–H and O–H groups in total. The van der Waals surface area contributed by atoms with Crippen molar-refractivity contribution in [1.82, 2.24) is 10.3 Å². The molecule has 1 atom stereocenters. The first-order valence-electron chi connectivity index (χ1n) is 7.61. The standard InChI is InChI=1S/C17H22N2OS/c1-18-17(16-13(20-2)8-6-10-19-16)15-11-12-7-4-3-5-9-14(12)21-15/h6,8,10-11,17-18H,3-5,7,9H2,1-2H3. The molecule has 2 heterocycles. The molecular weight excluding hydrogens is 280 g/mol. The zero-order valence-corrected chi connectivity index (χ0v) is 13.5. The predicted molar refractivity (Wildman–Crippen MR) is 87.3 cm³/mol. The zero-order valence-electron chi connectivity index (χ0n) is 12.7. The van der Waals surface area contributed by atoms with Crippen molar-refractivity contribution in [2.24, 2.45) is 0 Å². The molecule has 1 aliphatic carbocycles. The van der Waals surface area contributed by atoms with Gasteiger partial charge in [-0.25, -0.2) is 0 Å². The van der Waals surface area contributed by atoms with Gasteiger partial charge in [-0.05, 0) is 56.5 Å². The molecule has 1 unspecified atom stereocenters. The number of nitrogens with one attached hydrogen (secondary N) is 1. The molecule has 0 aromatic carbocycles. The summed E-state index contributed by atoms with van der Waals surface area (Å²) in [5.74, 6) is 0.848. The van der Waals surface area contributed by atoms with Crippen LogP contribution in [0.1, 0.15) is 46.3 Å². The van der Waals surface area contributed by atoms with E-state index in [9.17, 15) is 0 Å². The third-order valence-electron chi connectivity index (χ3n) is 4.13. The Balaban J connectivity index is 1.96. The van der Waals surface area contributed by atoms with Crippen molar-refractivity contribution >= 4 is 11.3 Å². The Kier molecular flexibility index (Phi) is 4.56. The van der Waals surface area contributed by atoms with Gasteiger partial charge in [-0.15, -0.1) is 11.3 Å². The van der Waals surface area contributed by atoms with Crippen molar-refractivity contribution in [3.8, 4) is 5.75 Å². The highest BCUT2D eigenvalue weighted by atomic mass is 32.1. The van der Waals surface area contributed by atoms with Crippen molar-refractivity contribution in [2.45, 2.75) is 38.1 Å². The summed E-state index contributed by atoms with van der Waals surface area (Å²) in [7, 11) is 3.70. The Morgan fingerprint density at radius 2 is 2.14 bits per heavy atom. The summed E-state index contributed by atoms with van der Waals surface area (Å²) in [4.78, 5) is 7.46. The van der Waals surface area contributed by atoms with Crippen molar-refractivity contribution in [3.05, 3.63) is 45.4 Å². The van der Waals surface area contributed by atoms with Gasteiger partial charge < -0.3 is 10.1 Å². The number of hydrogen-bond donors (Lipinski definition) is 1. The summed E-state index contributed by atoms with van der Waals surface area (Å²) in [6.45, 7) is 0. The number of thiophene rings is 1. The lowest BCUT2D eigenvalue weighted by Crippen LogP contribution is -2.18. The Labute approximate surface area is 130 Å². The fraction of sp³-hybridized carbons (Fsp3) is 0.471. The van der Waals surface area contributed by atoms with Crippen LogP contribution < -0.4 is 10.1 Å². The maximum Gasteiger partial charge on any atom is 0.142 e. The van der Waals surface area contributed by atoms with E-state index in [1.165, 1.54) is 37.0 Å². The molecule has 0 saturated carbocycles. The van der Waals surface area contributed by atoms with E-state index >= 15 is 0 Å². The van der Waals surface area contributed by atoms with Crippen LogP contribution in [0.2, 0.25) is 0 Å². The second kappa shape index (κ2) is 6.58. The highest BCUT2D eigenvalue weighted by molar-refractivity contribution is 7.12. The molecule has 4 heteroatoms. The maximum absolute atomic E-state index is 5.47. The summed E-state index contributed by atoms with van der Waals surface area (Å²) in [5.41, 5.74) is 2.52. The molecular formula is C17H22N2OS. The van der Waals surface area contributed by atoms with E-state index < -0.39 is 0 Å². The van der Waals surface area contributed by atoms with Crippen LogP contribution in [0.15, 0.2) is 24.4 Å². The number of rotatable bonds is 4. The number of ether oxygens (including phenoxy) is 1. The number of hydrogen-bond acceptors (Lipinski definition) is 4. The first kappa shape index (κ1) is 14.5. The van der Waals surface area contributed by atoms with Crippen molar-refractivity contribution < 1.29 is 4.74 Å². The molecule has 0 amide bonds. The summed E-state index contributed by atoms with van der Waals surface area (Å²) >= 11 is 1.94. The van der Waals surface area contributed by atoms with Crippen LogP contribution in [0.25, 0.3) is 0 Å². The maximum atomic E-state index is 5.47. The van der Waals surface area contributed by atoms with Gasteiger partial charge in [0.25, 0.3) is 0 Å². The summed E-state index contributed by atoms with van der Waals surface area (Å²) in [5, 5.41) is 3.40. The molecule has 2 aromatic heterocycles. The molecule has 112 valence electrons. The van der Waals surface area contributed by atoms with Gasteiger partial charge in [-0.2, -0.15) is 0 Å². The number of pyridine rings is 1. The molecule has 3 nitrogen and oxygen atoms in total. The van der Waals surface area contributed by atoms with Crippen LogP contribution in [0.5, 0.6) is 5.75 Å². The van der Waals surface area contributed by atoms with Crippen LogP contribution in [0.3, 0.4) is 0 Å². The molecule has 0 radical (unpaired) electrons. The van der Waals surface area contributed by atoms with Crippen LogP contribution in [0.4, 0.5) is 0 Å². The highest BCUT2D eigenvalue weighted by Crippen LogP contribution is 2.36. The number of methoxy groups -OCH3 is 1. The molecule has 3 rings (SSSR count). The summed E-state index contributed by atoms with van der Waals surface area (Å²) in [6, 6.07) is 6.38. The first-order chi connectivity index (χ1) is 10.3. The molecule has 2 aromatic rings. The van der Waals surface area contributed by atoms with Gasteiger partial charge in [0.15, 0.2) is 0 Å². The Hall–Kier alpha value is -1.39. The van der Waals surface area contributed by atoms with E-state index in [1.54, 1.807) is 17.6 Å². The van der Waals surface area contributed by atoms with Crippen molar-refractivity contribution in [3.63, 3.8) is 0 Å². The second-order valence-corrected chi connectivity index (χ2v) is 6.64. The van der Waals surface area contributed by atoms with Gasteiger partial charge in [-0.3, -0.25) is 4.98 Å². The minimum atomic E-state index is 0.109. The molecule has 0 saturated heterocycles. The number of fused-ring (bicyclic) bond motifs is 1. The van der Waals surface area contributed by atoms with Gasteiger partial charge in [0.05, 0.1) is 13.2 Å². The quantitative estimate of drug-likeness (QED) is 0.874. The minimum absolute atomic E-state index is 0.109. The zero-order chi connectivity index (χ0) is 14.7. The van der Waals surface area contributed by atoms with Gasteiger partial charge in [0.1, 0.15) is 11.4 Å². The number of nitrogens with zero attached hydrogens (tertiary/aromatic N) is 1. The van der Waals surface area contributed by atoms with E-state index in [0.29, 0.717) is 0 Å². The average Bonchev–Trinajstić information content (AvgIpc) is 2.79. The van der Waals surface area contributed by atoms with Crippen LogP contribution in [-0.4, -0.2) is 19.1 Å². The molecule has 0 spiro atoms. The predicted octanol–water partition coefficient (Wildman–Crippen LogP) is 3.73. The Morgan fingerprint density at radius 1 is 1.29 bits per heavy atom. The fourth-order valence-electron chi connectivity index (χ4n) is 3.04. The topological polar surface area (TPSA) is 34.2 Å².